The molecule has 0 spiro atoms. The summed E-state index contributed by atoms with van der Waals surface area (Å²) in [5.74, 6) is -1.51. The van der Waals surface area contributed by atoms with E-state index in [9.17, 15) is 23.4 Å². The van der Waals surface area contributed by atoms with E-state index in [1.807, 2.05) is 0 Å². The van der Waals surface area contributed by atoms with Crippen LogP contribution in [-0.2, 0) is 20.0 Å². The summed E-state index contributed by atoms with van der Waals surface area (Å²) in [4.78, 5) is 11.4. The number of hydrogen-bond acceptors (Lipinski definition) is 4. The quantitative estimate of drug-likeness (QED) is 0.784. The number of aliphatic carboxylic acids is 1. The highest BCUT2D eigenvalue weighted by Gasteiger charge is 2.40. The van der Waals surface area contributed by atoms with E-state index in [0.29, 0.717) is 5.56 Å². The van der Waals surface area contributed by atoms with Gasteiger partial charge in [-0.3, -0.25) is 4.79 Å². The first-order chi connectivity index (χ1) is 8.32. The van der Waals surface area contributed by atoms with Crippen LogP contribution in [-0.4, -0.2) is 43.2 Å². The highest BCUT2D eigenvalue weighted by atomic mass is 32.2. The normalized spacial score (nSPS) is 15.0. The Hall–Kier alpha value is -1.40. The second kappa shape index (κ2) is 5.49. The van der Waals surface area contributed by atoms with Crippen LogP contribution < -0.4 is 0 Å². The predicted molar refractivity (Wildman–Crippen MR) is 67.2 cm³/mol. The maximum absolute atomic E-state index is 11.4. The van der Waals surface area contributed by atoms with Crippen LogP contribution in [0.2, 0.25) is 0 Å². The molecule has 0 radical (unpaired) electrons. The first kappa shape index (κ1) is 14.7. The lowest BCUT2D eigenvalue weighted by atomic mass is 9.79. The number of sulfone groups is 1. The minimum atomic E-state index is -3.28. The third-order valence-corrected chi connectivity index (χ3v) is 3.85. The number of rotatable bonds is 6. The fourth-order valence-corrected chi connectivity index (χ4v) is 2.45. The van der Waals surface area contributed by atoms with E-state index in [4.69, 9.17) is 0 Å². The molecule has 5 nitrogen and oxygen atoms in total. The summed E-state index contributed by atoms with van der Waals surface area (Å²) < 4.78 is 22.3. The van der Waals surface area contributed by atoms with E-state index in [1.165, 1.54) is 0 Å². The highest BCUT2D eigenvalue weighted by Crippen LogP contribution is 2.28. The molecule has 0 aliphatic heterocycles. The van der Waals surface area contributed by atoms with Crippen molar-refractivity contribution in [1.29, 1.82) is 0 Å². The third kappa shape index (κ3) is 3.30. The van der Waals surface area contributed by atoms with Crippen molar-refractivity contribution in [3.05, 3.63) is 35.9 Å². The zero-order valence-electron chi connectivity index (χ0n) is 10.0. The van der Waals surface area contributed by atoms with Gasteiger partial charge in [0.1, 0.15) is 15.3 Å². The minimum absolute atomic E-state index is 0.151. The molecule has 0 saturated heterocycles. The number of aliphatic hydroxyl groups is 1. The lowest BCUT2D eigenvalue weighted by Crippen LogP contribution is -2.41. The van der Waals surface area contributed by atoms with Gasteiger partial charge in [0.15, 0.2) is 0 Å². The van der Waals surface area contributed by atoms with E-state index in [-0.39, 0.29) is 12.2 Å². The van der Waals surface area contributed by atoms with Gasteiger partial charge in [0.2, 0.25) is 0 Å². The molecule has 1 aromatic carbocycles. The minimum Gasteiger partial charge on any atom is -0.481 e. The first-order valence-corrected chi connectivity index (χ1v) is 7.45. The summed E-state index contributed by atoms with van der Waals surface area (Å²) in [6.45, 7) is -0.637. The Kier molecular flexibility index (Phi) is 4.48. The Morgan fingerprint density at radius 2 is 1.83 bits per heavy atom. The number of carboxylic acid groups (broad SMARTS) is 1. The monoisotopic (exact) mass is 272 g/mol. The van der Waals surface area contributed by atoms with Gasteiger partial charge in [0.25, 0.3) is 0 Å². The molecule has 6 heteroatoms. The molecule has 1 rings (SSSR count). The molecule has 18 heavy (non-hydrogen) atoms. The predicted octanol–water partition coefficient (Wildman–Crippen LogP) is 0.436. The van der Waals surface area contributed by atoms with Crippen LogP contribution in [0.1, 0.15) is 12.0 Å². The van der Waals surface area contributed by atoms with E-state index in [1.54, 1.807) is 30.3 Å². The van der Waals surface area contributed by atoms with Crippen LogP contribution in [0.15, 0.2) is 30.3 Å². The maximum atomic E-state index is 11.4. The molecule has 0 aromatic heterocycles. The molecular weight excluding hydrogens is 256 g/mol. The lowest BCUT2D eigenvalue weighted by Gasteiger charge is -2.27. The number of aliphatic hydroxyl groups excluding tert-OH is 1. The number of benzene rings is 1. The van der Waals surface area contributed by atoms with Gasteiger partial charge in [-0.1, -0.05) is 30.3 Å². The van der Waals surface area contributed by atoms with Gasteiger partial charge in [-0.15, -0.1) is 0 Å². The van der Waals surface area contributed by atoms with Gasteiger partial charge >= 0.3 is 5.97 Å². The van der Waals surface area contributed by atoms with Crippen LogP contribution >= 0.6 is 0 Å². The fourth-order valence-electron chi connectivity index (χ4n) is 1.73. The SMILES string of the molecule is CS(=O)(=O)CCC(CO)(C(=O)O)c1ccccc1. The van der Waals surface area contributed by atoms with Gasteiger partial charge in [0.05, 0.1) is 12.4 Å². The third-order valence-electron chi connectivity index (χ3n) is 2.91. The molecule has 0 saturated carbocycles. The van der Waals surface area contributed by atoms with Crippen molar-refractivity contribution in [3.8, 4) is 0 Å². The van der Waals surface area contributed by atoms with Gasteiger partial charge < -0.3 is 10.2 Å². The molecule has 0 fully saturated rings. The van der Waals surface area contributed by atoms with Crippen molar-refractivity contribution in [2.24, 2.45) is 0 Å². The van der Waals surface area contributed by atoms with Crippen molar-refractivity contribution in [2.45, 2.75) is 11.8 Å². The fraction of sp³-hybridized carbons (Fsp3) is 0.417. The van der Waals surface area contributed by atoms with Crippen LogP contribution in [0.4, 0.5) is 0 Å². The second-order valence-corrected chi connectivity index (χ2v) is 6.55. The molecular formula is C12H16O5S. The molecule has 0 heterocycles. The van der Waals surface area contributed by atoms with Crippen molar-refractivity contribution >= 4 is 15.8 Å². The van der Waals surface area contributed by atoms with E-state index in [0.717, 1.165) is 6.26 Å². The zero-order valence-corrected chi connectivity index (χ0v) is 10.9. The van der Waals surface area contributed by atoms with E-state index >= 15 is 0 Å². The maximum Gasteiger partial charge on any atom is 0.316 e. The summed E-state index contributed by atoms with van der Waals surface area (Å²) in [5.41, 5.74) is -1.16. The van der Waals surface area contributed by atoms with Gasteiger partial charge in [-0.2, -0.15) is 0 Å². The van der Waals surface area contributed by atoms with Crippen LogP contribution in [0.3, 0.4) is 0 Å². The van der Waals surface area contributed by atoms with Crippen molar-refractivity contribution in [2.75, 3.05) is 18.6 Å². The van der Waals surface area contributed by atoms with Gasteiger partial charge in [-0.25, -0.2) is 8.42 Å². The smallest absolute Gasteiger partial charge is 0.316 e. The highest BCUT2D eigenvalue weighted by molar-refractivity contribution is 7.90. The zero-order chi connectivity index (χ0) is 13.8. The molecule has 1 aromatic rings. The molecule has 0 aliphatic carbocycles. The topological polar surface area (TPSA) is 91.7 Å². The Morgan fingerprint density at radius 1 is 1.28 bits per heavy atom. The Labute approximate surface area is 106 Å². The lowest BCUT2D eigenvalue weighted by molar-refractivity contribution is -0.145. The number of carboxylic acids is 1. The molecule has 0 amide bonds. The van der Waals surface area contributed by atoms with Crippen molar-refractivity contribution in [1.82, 2.24) is 0 Å². The first-order valence-electron chi connectivity index (χ1n) is 5.39. The van der Waals surface area contributed by atoms with Crippen molar-refractivity contribution in [3.63, 3.8) is 0 Å². The van der Waals surface area contributed by atoms with Crippen LogP contribution in [0, 0.1) is 0 Å². The summed E-state index contributed by atoms with van der Waals surface area (Å²) in [5, 5.41) is 18.7. The van der Waals surface area contributed by atoms with E-state index < -0.39 is 27.8 Å². The second-order valence-electron chi connectivity index (χ2n) is 4.29. The molecule has 1 unspecified atom stereocenters. The Balaban J connectivity index is 3.15. The van der Waals surface area contributed by atoms with E-state index in [2.05, 4.69) is 0 Å². The molecule has 2 N–H and O–H groups in total. The largest absolute Gasteiger partial charge is 0.481 e. The summed E-state index contributed by atoms with van der Waals surface area (Å²) in [6.07, 6.45) is 0.893. The molecule has 0 bridgehead atoms. The Bertz CT molecular complexity index is 509. The summed E-state index contributed by atoms with van der Waals surface area (Å²) in [6, 6.07) is 8.19. The van der Waals surface area contributed by atoms with Crippen LogP contribution in [0.25, 0.3) is 0 Å². The summed E-state index contributed by atoms with van der Waals surface area (Å²) in [7, 11) is -3.28. The van der Waals surface area contributed by atoms with Gasteiger partial charge in [-0.05, 0) is 12.0 Å². The average molecular weight is 272 g/mol. The van der Waals surface area contributed by atoms with Crippen LogP contribution in [0.5, 0.6) is 0 Å². The average Bonchev–Trinajstić information content (AvgIpc) is 2.30. The molecule has 1 atom stereocenters. The molecule has 100 valence electrons. The number of hydrogen-bond donors (Lipinski definition) is 2. The Morgan fingerprint density at radius 3 is 2.22 bits per heavy atom. The summed E-state index contributed by atoms with van der Waals surface area (Å²) >= 11 is 0. The standard InChI is InChI=1S/C12H16O5S/c1-18(16,17)8-7-12(9-13,11(14)15)10-5-3-2-4-6-10/h2-6,13H,7-9H2,1H3,(H,14,15). The number of carbonyl (C=O) groups is 1. The molecule has 0 aliphatic rings. The van der Waals surface area contributed by atoms with Gasteiger partial charge in [0, 0.05) is 6.26 Å². The van der Waals surface area contributed by atoms with Crippen molar-refractivity contribution < 1.29 is 23.4 Å².